The molecule has 1 heterocycles. The Kier molecular flexibility index (Phi) is 4.30. The van der Waals surface area contributed by atoms with Crippen molar-refractivity contribution < 1.29 is 14.1 Å². The van der Waals surface area contributed by atoms with E-state index >= 15 is 0 Å². The van der Waals surface area contributed by atoms with Crippen LogP contribution in [0.15, 0.2) is 34.9 Å². The zero-order chi connectivity index (χ0) is 16.3. The van der Waals surface area contributed by atoms with Crippen LogP contribution in [0, 0.1) is 19.3 Å². The number of aromatic nitrogens is 1. The molecule has 0 spiro atoms. The highest BCUT2D eigenvalue weighted by Crippen LogP contribution is 2.22. The molecule has 0 saturated heterocycles. The van der Waals surface area contributed by atoms with Crippen LogP contribution < -0.4 is 10.6 Å². The monoisotopic (exact) mass is 301 g/mol. The Hall–Kier alpha value is -2.63. The summed E-state index contributed by atoms with van der Waals surface area (Å²) in [5.41, 5.74) is 0.361. The van der Waals surface area contributed by atoms with Gasteiger partial charge in [0.15, 0.2) is 5.82 Å². The smallest absolute Gasteiger partial charge is 0.240 e. The van der Waals surface area contributed by atoms with Crippen LogP contribution in [-0.4, -0.2) is 17.0 Å². The first-order chi connectivity index (χ1) is 10.3. The molecule has 2 rings (SSSR count). The van der Waals surface area contributed by atoms with E-state index in [1.54, 1.807) is 32.9 Å². The van der Waals surface area contributed by atoms with Gasteiger partial charge >= 0.3 is 0 Å². The summed E-state index contributed by atoms with van der Waals surface area (Å²) >= 11 is 0. The van der Waals surface area contributed by atoms with E-state index in [2.05, 4.69) is 15.8 Å². The third-order valence-corrected chi connectivity index (χ3v) is 3.40. The molecule has 0 radical (unpaired) electrons. The first kappa shape index (κ1) is 15.8. The van der Waals surface area contributed by atoms with Crippen LogP contribution in [0.4, 0.5) is 11.5 Å². The van der Waals surface area contributed by atoms with Crippen LogP contribution in [0.3, 0.4) is 0 Å². The lowest BCUT2D eigenvalue weighted by Crippen LogP contribution is -2.41. The molecule has 6 heteroatoms. The maximum Gasteiger partial charge on any atom is 0.240 e. The van der Waals surface area contributed by atoms with E-state index in [1.807, 2.05) is 25.1 Å². The summed E-state index contributed by atoms with van der Waals surface area (Å²) in [6.45, 7) is 6.73. The minimum Gasteiger partial charge on any atom is -0.360 e. The number of anilines is 2. The molecule has 0 aliphatic carbocycles. The lowest BCUT2D eigenvalue weighted by atomic mass is 9.90. The summed E-state index contributed by atoms with van der Waals surface area (Å²) in [5, 5.41) is 9.05. The first-order valence-corrected chi connectivity index (χ1v) is 6.92. The van der Waals surface area contributed by atoms with Crippen LogP contribution in [0.5, 0.6) is 0 Å². The number of para-hydroxylation sites is 1. The van der Waals surface area contributed by atoms with Crippen LogP contribution in [0.1, 0.15) is 25.2 Å². The van der Waals surface area contributed by atoms with Gasteiger partial charge in [0, 0.05) is 11.8 Å². The van der Waals surface area contributed by atoms with Gasteiger partial charge in [-0.1, -0.05) is 23.4 Å². The van der Waals surface area contributed by atoms with E-state index in [4.69, 9.17) is 4.52 Å². The molecule has 0 bridgehead atoms. The molecule has 0 aliphatic rings. The number of nitrogens with one attached hydrogen (secondary N) is 2. The molecule has 0 atom stereocenters. The Balaban J connectivity index is 2.09. The number of carbonyl (C=O) groups is 2. The fraction of sp³-hybridized carbons (Fsp3) is 0.312. The molecule has 116 valence electrons. The van der Waals surface area contributed by atoms with Gasteiger partial charge in [0.25, 0.3) is 0 Å². The minimum atomic E-state index is -1.25. The normalized spacial score (nSPS) is 11.1. The summed E-state index contributed by atoms with van der Waals surface area (Å²) in [6, 6.07) is 8.99. The Bertz CT molecular complexity index is 704. The summed E-state index contributed by atoms with van der Waals surface area (Å²) in [7, 11) is 0. The van der Waals surface area contributed by atoms with Gasteiger partial charge in [-0.2, -0.15) is 0 Å². The lowest BCUT2D eigenvalue weighted by molar-refractivity contribution is -0.135. The van der Waals surface area contributed by atoms with E-state index in [0.717, 1.165) is 5.56 Å². The summed E-state index contributed by atoms with van der Waals surface area (Å²) in [5.74, 6) is 0.0307. The molecule has 22 heavy (non-hydrogen) atoms. The van der Waals surface area contributed by atoms with Gasteiger partial charge < -0.3 is 15.2 Å². The van der Waals surface area contributed by atoms with Crippen molar-refractivity contribution in [3.8, 4) is 0 Å². The summed E-state index contributed by atoms with van der Waals surface area (Å²) in [6.07, 6.45) is 0. The van der Waals surface area contributed by atoms with Crippen LogP contribution in [0.25, 0.3) is 0 Å². The van der Waals surface area contributed by atoms with Crippen molar-refractivity contribution in [2.45, 2.75) is 27.7 Å². The van der Waals surface area contributed by atoms with Crippen LogP contribution in [-0.2, 0) is 9.59 Å². The van der Waals surface area contributed by atoms with Gasteiger partial charge in [0.05, 0.1) is 0 Å². The number of amides is 2. The molecule has 2 N–H and O–H groups in total. The lowest BCUT2D eigenvalue weighted by Gasteiger charge is -2.22. The van der Waals surface area contributed by atoms with E-state index in [-0.39, 0.29) is 5.91 Å². The predicted molar refractivity (Wildman–Crippen MR) is 83.5 cm³/mol. The molecule has 2 amide bonds. The fourth-order valence-corrected chi connectivity index (χ4v) is 1.79. The number of aryl methyl sites for hydroxylation is 2. The molecule has 0 aliphatic heterocycles. The summed E-state index contributed by atoms with van der Waals surface area (Å²) < 4.78 is 4.88. The molecule has 1 aromatic heterocycles. The zero-order valence-corrected chi connectivity index (χ0v) is 13.1. The molecule has 6 nitrogen and oxygen atoms in total. The standard InChI is InChI=1S/C16H19N3O3/c1-10-7-5-6-8-12(10)17-14(20)16(3,4)15(21)18-13-9-11(2)22-19-13/h5-9H,1-4H3,(H,17,20)(H,18,19,21). The molecular weight excluding hydrogens is 282 g/mol. The van der Waals surface area contributed by atoms with Crippen molar-refractivity contribution in [3.63, 3.8) is 0 Å². The third kappa shape index (κ3) is 3.33. The largest absolute Gasteiger partial charge is 0.360 e. The number of hydrogen-bond acceptors (Lipinski definition) is 4. The van der Waals surface area contributed by atoms with Crippen molar-refractivity contribution in [1.82, 2.24) is 5.16 Å². The Morgan fingerprint density at radius 1 is 1.09 bits per heavy atom. The fourth-order valence-electron chi connectivity index (χ4n) is 1.79. The molecule has 2 aromatic rings. The minimum absolute atomic E-state index is 0.291. The predicted octanol–water partition coefficient (Wildman–Crippen LogP) is 2.89. The third-order valence-electron chi connectivity index (χ3n) is 3.40. The Morgan fingerprint density at radius 3 is 2.32 bits per heavy atom. The van der Waals surface area contributed by atoms with Crippen molar-refractivity contribution in [1.29, 1.82) is 0 Å². The summed E-state index contributed by atoms with van der Waals surface area (Å²) in [4.78, 5) is 24.7. The van der Waals surface area contributed by atoms with E-state index < -0.39 is 11.3 Å². The van der Waals surface area contributed by atoms with Gasteiger partial charge in [-0.25, -0.2) is 0 Å². The van der Waals surface area contributed by atoms with Gasteiger partial charge in [-0.05, 0) is 39.3 Å². The maximum atomic E-state index is 12.4. The van der Waals surface area contributed by atoms with E-state index in [0.29, 0.717) is 17.3 Å². The van der Waals surface area contributed by atoms with Crippen LogP contribution in [0.2, 0.25) is 0 Å². The maximum absolute atomic E-state index is 12.4. The highest BCUT2D eigenvalue weighted by atomic mass is 16.5. The average molecular weight is 301 g/mol. The van der Waals surface area contributed by atoms with Gasteiger partial charge in [-0.3, -0.25) is 9.59 Å². The van der Waals surface area contributed by atoms with Gasteiger partial charge in [-0.15, -0.1) is 0 Å². The molecule has 0 unspecified atom stereocenters. The molecular formula is C16H19N3O3. The SMILES string of the molecule is Cc1cc(NC(=O)C(C)(C)C(=O)Nc2ccccc2C)no1. The highest BCUT2D eigenvalue weighted by molar-refractivity contribution is 6.13. The Morgan fingerprint density at radius 2 is 1.73 bits per heavy atom. The second kappa shape index (κ2) is 6.01. The molecule has 0 saturated carbocycles. The number of nitrogens with zero attached hydrogens (tertiary/aromatic N) is 1. The molecule has 0 fully saturated rings. The van der Waals surface area contributed by atoms with Crippen molar-refractivity contribution in [2.75, 3.05) is 10.6 Å². The van der Waals surface area contributed by atoms with E-state index in [9.17, 15) is 9.59 Å². The van der Waals surface area contributed by atoms with Crippen LogP contribution >= 0.6 is 0 Å². The van der Waals surface area contributed by atoms with E-state index in [1.165, 1.54) is 0 Å². The number of benzene rings is 1. The average Bonchev–Trinajstić information content (AvgIpc) is 2.86. The second-order valence-corrected chi connectivity index (χ2v) is 5.67. The quantitative estimate of drug-likeness (QED) is 0.850. The molecule has 1 aromatic carbocycles. The number of rotatable bonds is 4. The zero-order valence-electron chi connectivity index (χ0n) is 13.1. The Labute approximate surface area is 128 Å². The number of carbonyl (C=O) groups excluding carboxylic acids is 2. The highest BCUT2D eigenvalue weighted by Gasteiger charge is 2.36. The van der Waals surface area contributed by atoms with Gasteiger partial charge in [0.2, 0.25) is 11.8 Å². The van der Waals surface area contributed by atoms with Crippen molar-refractivity contribution >= 4 is 23.3 Å². The van der Waals surface area contributed by atoms with Crippen molar-refractivity contribution in [3.05, 3.63) is 41.7 Å². The first-order valence-electron chi connectivity index (χ1n) is 6.92. The topological polar surface area (TPSA) is 84.2 Å². The van der Waals surface area contributed by atoms with Crippen molar-refractivity contribution in [2.24, 2.45) is 5.41 Å². The van der Waals surface area contributed by atoms with Gasteiger partial charge in [0.1, 0.15) is 11.2 Å². The second-order valence-electron chi connectivity index (χ2n) is 5.67. The number of hydrogen-bond donors (Lipinski definition) is 2.